The molecule has 0 aliphatic heterocycles. The van der Waals surface area contributed by atoms with E-state index in [9.17, 15) is 0 Å². The van der Waals surface area contributed by atoms with Gasteiger partial charge in [-0.05, 0) is 0 Å². The number of methoxy groups -OCH3 is 1. The van der Waals surface area contributed by atoms with E-state index in [2.05, 4.69) is 11.8 Å². The third-order valence-corrected chi connectivity index (χ3v) is 3.28. The van der Waals surface area contributed by atoms with E-state index >= 15 is 0 Å². The fourth-order valence-electron chi connectivity index (χ4n) is 0.707. The fourth-order valence-corrected chi connectivity index (χ4v) is 2.18. The molecule has 2 nitrogen and oxygen atoms in total. The Kier molecular flexibility index (Phi) is 12.0. The van der Waals surface area contributed by atoms with Crippen molar-refractivity contribution in [1.29, 1.82) is 0 Å². The average Bonchev–Trinajstić information content (AvgIpc) is 2.16. The van der Waals surface area contributed by atoms with Gasteiger partial charge in [0.1, 0.15) is 0 Å². The van der Waals surface area contributed by atoms with Gasteiger partial charge in [-0.3, -0.25) is 0 Å². The van der Waals surface area contributed by atoms with Gasteiger partial charge < -0.3 is 0 Å². The molecule has 0 spiro atoms. The van der Waals surface area contributed by atoms with Gasteiger partial charge in [-0.25, -0.2) is 0 Å². The molecule has 0 aromatic carbocycles. The zero-order chi connectivity index (χ0) is 9.78. The van der Waals surface area contributed by atoms with Gasteiger partial charge in [-0.2, -0.15) is 0 Å². The molecule has 3 heteroatoms. The van der Waals surface area contributed by atoms with Gasteiger partial charge in [0.05, 0.1) is 0 Å². The molecule has 0 fully saturated rings. The van der Waals surface area contributed by atoms with Crippen molar-refractivity contribution >= 4 is 15.0 Å². The van der Waals surface area contributed by atoms with Crippen LogP contribution in [0.5, 0.6) is 0 Å². The molecule has 0 unspecified atom stereocenters. The molecule has 0 aliphatic rings. The molecule has 0 N–H and O–H groups in total. The normalized spacial score (nSPS) is 9.38. The van der Waals surface area contributed by atoms with Crippen LogP contribution >= 0.6 is 0 Å². The quantitative estimate of drug-likeness (QED) is 0.369. The summed E-state index contributed by atoms with van der Waals surface area (Å²) in [5.74, 6) is 5.95. The van der Waals surface area contributed by atoms with E-state index in [1.54, 1.807) is 7.11 Å². The zero-order valence-electron chi connectivity index (χ0n) is 8.47. The Morgan fingerprint density at radius 1 is 1.31 bits per heavy atom. The molecule has 76 valence electrons. The summed E-state index contributed by atoms with van der Waals surface area (Å²) in [6.07, 6.45) is 2.25. The van der Waals surface area contributed by atoms with Crippen LogP contribution in [0.2, 0.25) is 5.32 Å². The molecular weight excluding hydrogens is 231 g/mol. The zero-order valence-corrected chi connectivity index (χ0v) is 10.2. The van der Waals surface area contributed by atoms with Crippen molar-refractivity contribution in [3.63, 3.8) is 0 Å². The SMILES string of the molecule is CC#CCCC[Se]COCCOC. The van der Waals surface area contributed by atoms with Gasteiger partial charge >= 0.3 is 87.2 Å². The predicted molar refractivity (Wildman–Crippen MR) is 55.9 cm³/mol. The molecule has 0 rings (SSSR count). The molecule has 0 heterocycles. The van der Waals surface area contributed by atoms with Crippen molar-refractivity contribution in [2.24, 2.45) is 0 Å². The van der Waals surface area contributed by atoms with Crippen molar-refractivity contribution in [2.75, 3.05) is 25.8 Å². The van der Waals surface area contributed by atoms with E-state index in [4.69, 9.17) is 9.47 Å². The van der Waals surface area contributed by atoms with Crippen LogP contribution in [-0.2, 0) is 9.47 Å². The molecule has 0 saturated carbocycles. The summed E-state index contributed by atoms with van der Waals surface area (Å²) in [5.41, 5.74) is 0.913. The van der Waals surface area contributed by atoms with Crippen LogP contribution in [0.3, 0.4) is 0 Å². The van der Waals surface area contributed by atoms with Crippen LogP contribution < -0.4 is 0 Å². The third kappa shape index (κ3) is 12.0. The standard InChI is InChI=1S/C10H18O2Se/c1-3-4-5-6-9-13-10-12-8-7-11-2/h5-10H2,1-2H3. The Morgan fingerprint density at radius 3 is 2.85 bits per heavy atom. The summed E-state index contributed by atoms with van der Waals surface area (Å²) in [6, 6.07) is 0. The van der Waals surface area contributed by atoms with Gasteiger partial charge in [0.2, 0.25) is 0 Å². The Labute approximate surface area is 87.5 Å². The van der Waals surface area contributed by atoms with E-state index < -0.39 is 0 Å². The molecule has 13 heavy (non-hydrogen) atoms. The first kappa shape index (κ1) is 13.0. The van der Waals surface area contributed by atoms with Gasteiger partial charge in [-0.1, -0.05) is 0 Å². The van der Waals surface area contributed by atoms with E-state index in [1.807, 2.05) is 6.92 Å². The minimum absolute atomic E-state index is 0.628. The molecule has 0 saturated heterocycles. The summed E-state index contributed by atoms with van der Waals surface area (Å²) in [6.45, 7) is 3.32. The van der Waals surface area contributed by atoms with Crippen molar-refractivity contribution in [2.45, 2.75) is 25.1 Å². The second kappa shape index (κ2) is 12.0. The number of hydrogen-bond acceptors (Lipinski definition) is 2. The number of hydrogen-bond donors (Lipinski definition) is 0. The number of rotatable bonds is 8. The fraction of sp³-hybridized carbons (Fsp3) is 0.800. The first-order valence-electron chi connectivity index (χ1n) is 4.46. The van der Waals surface area contributed by atoms with Crippen molar-refractivity contribution in [3.8, 4) is 11.8 Å². The first-order chi connectivity index (χ1) is 6.41. The summed E-state index contributed by atoms with van der Waals surface area (Å²) in [4.78, 5) is 0. The molecule has 0 aromatic heterocycles. The van der Waals surface area contributed by atoms with Crippen molar-refractivity contribution in [1.82, 2.24) is 0 Å². The Hall–Kier alpha value is -0.000519. The van der Waals surface area contributed by atoms with Crippen LogP contribution in [0.15, 0.2) is 0 Å². The Bertz CT molecular complexity index is 149. The Balaban J connectivity index is 2.86. The monoisotopic (exact) mass is 250 g/mol. The second-order valence-corrected chi connectivity index (χ2v) is 4.67. The maximum absolute atomic E-state index is 5.35. The summed E-state index contributed by atoms with van der Waals surface area (Å²) >= 11 is 0.628. The molecule has 0 radical (unpaired) electrons. The van der Waals surface area contributed by atoms with E-state index in [-0.39, 0.29) is 0 Å². The van der Waals surface area contributed by atoms with Crippen LogP contribution in [0, 0.1) is 11.8 Å². The topological polar surface area (TPSA) is 18.5 Å². The van der Waals surface area contributed by atoms with Crippen LogP contribution in [-0.4, -0.2) is 40.8 Å². The summed E-state index contributed by atoms with van der Waals surface area (Å²) in [5, 5.41) is 1.27. The predicted octanol–water partition coefficient (Wildman–Crippen LogP) is 1.53. The molecule has 0 amide bonds. The second-order valence-electron chi connectivity index (χ2n) is 2.46. The average molecular weight is 249 g/mol. The maximum atomic E-state index is 5.35. The molecule has 0 aromatic rings. The third-order valence-electron chi connectivity index (χ3n) is 1.37. The summed E-state index contributed by atoms with van der Waals surface area (Å²) < 4.78 is 10.2. The van der Waals surface area contributed by atoms with E-state index in [0.29, 0.717) is 21.6 Å². The van der Waals surface area contributed by atoms with Crippen molar-refractivity contribution < 1.29 is 9.47 Å². The first-order valence-corrected chi connectivity index (χ1v) is 6.88. The van der Waals surface area contributed by atoms with Crippen molar-refractivity contribution in [3.05, 3.63) is 0 Å². The van der Waals surface area contributed by atoms with Crippen LogP contribution in [0.1, 0.15) is 19.8 Å². The molecule has 0 atom stereocenters. The minimum atomic E-state index is 0.628. The van der Waals surface area contributed by atoms with E-state index in [0.717, 1.165) is 18.5 Å². The molecule has 0 bridgehead atoms. The Morgan fingerprint density at radius 2 is 2.15 bits per heavy atom. The van der Waals surface area contributed by atoms with Crippen LogP contribution in [0.25, 0.3) is 0 Å². The molecule has 0 aliphatic carbocycles. The van der Waals surface area contributed by atoms with Gasteiger partial charge in [0.15, 0.2) is 0 Å². The van der Waals surface area contributed by atoms with Gasteiger partial charge in [0, 0.05) is 0 Å². The summed E-state index contributed by atoms with van der Waals surface area (Å²) in [7, 11) is 1.69. The number of unbranched alkanes of at least 4 members (excludes halogenated alkanes) is 1. The van der Waals surface area contributed by atoms with Gasteiger partial charge in [-0.15, -0.1) is 0 Å². The number of ether oxygens (including phenoxy) is 2. The molecular formula is C10H18O2Se. The van der Waals surface area contributed by atoms with Gasteiger partial charge in [0.25, 0.3) is 0 Å². The van der Waals surface area contributed by atoms with Crippen LogP contribution in [0.4, 0.5) is 0 Å². The van der Waals surface area contributed by atoms with E-state index in [1.165, 1.54) is 11.7 Å².